The number of benzene rings is 1. The molecule has 110 valence electrons. The van der Waals surface area contributed by atoms with Gasteiger partial charge in [-0.05, 0) is 31.2 Å². The van der Waals surface area contributed by atoms with Crippen molar-refractivity contribution in [3.63, 3.8) is 0 Å². The van der Waals surface area contributed by atoms with Gasteiger partial charge in [0.05, 0.1) is 11.8 Å². The SMILES string of the molecule is OC1CCCc2sc(N3CCC(c4ccccc4)C3)nc21. The van der Waals surface area contributed by atoms with Gasteiger partial charge in [-0.2, -0.15) is 0 Å². The van der Waals surface area contributed by atoms with Gasteiger partial charge < -0.3 is 10.0 Å². The highest BCUT2D eigenvalue weighted by molar-refractivity contribution is 7.15. The van der Waals surface area contributed by atoms with Crippen LogP contribution < -0.4 is 4.90 Å². The summed E-state index contributed by atoms with van der Waals surface area (Å²) >= 11 is 1.79. The number of aliphatic hydroxyl groups is 1. The van der Waals surface area contributed by atoms with Gasteiger partial charge in [0.1, 0.15) is 0 Å². The van der Waals surface area contributed by atoms with E-state index in [1.807, 2.05) is 0 Å². The van der Waals surface area contributed by atoms with Crippen LogP contribution in [0.15, 0.2) is 30.3 Å². The van der Waals surface area contributed by atoms with Gasteiger partial charge in [0, 0.05) is 23.9 Å². The van der Waals surface area contributed by atoms with Crippen molar-refractivity contribution in [3.05, 3.63) is 46.5 Å². The standard InChI is InChI=1S/C17H20N2OS/c20-14-7-4-8-15-16(14)18-17(21-15)19-10-9-13(11-19)12-5-2-1-3-6-12/h1-3,5-6,13-14,20H,4,7-11H2. The molecule has 0 amide bonds. The number of hydrogen-bond donors (Lipinski definition) is 1. The molecule has 3 nitrogen and oxygen atoms in total. The lowest BCUT2D eigenvalue weighted by molar-refractivity contribution is 0.153. The molecule has 2 aromatic rings. The molecule has 0 saturated carbocycles. The van der Waals surface area contributed by atoms with Crippen LogP contribution in [-0.2, 0) is 6.42 Å². The largest absolute Gasteiger partial charge is 0.387 e. The second kappa shape index (κ2) is 5.43. The second-order valence-electron chi connectivity index (χ2n) is 6.06. The van der Waals surface area contributed by atoms with Crippen LogP contribution >= 0.6 is 11.3 Å². The molecule has 4 heteroatoms. The maximum atomic E-state index is 10.1. The predicted octanol–water partition coefficient (Wildman–Crippen LogP) is 3.51. The molecule has 4 rings (SSSR count). The number of hydrogen-bond acceptors (Lipinski definition) is 4. The first kappa shape index (κ1) is 13.3. The van der Waals surface area contributed by atoms with Crippen LogP contribution in [-0.4, -0.2) is 23.2 Å². The van der Waals surface area contributed by atoms with Crippen LogP contribution in [0, 0.1) is 0 Å². The van der Waals surface area contributed by atoms with Crippen molar-refractivity contribution in [3.8, 4) is 0 Å². The summed E-state index contributed by atoms with van der Waals surface area (Å²) in [6.07, 6.45) is 3.88. The molecule has 2 heterocycles. The summed E-state index contributed by atoms with van der Waals surface area (Å²) in [5, 5.41) is 11.2. The molecule has 1 fully saturated rings. The highest BCUT2D eigenvalue weighted by atomic mass is 32.1. The molecular weight excluding hydrogens is 280 g/mol. The van der Waals surface area contributed by atoms with Gasteiger partial charge in [-0.25, -0.2) is 4.98 Å². The molecule has 1 saturated heterocycles. The molecule has 21 heavy (non-hydrogen) atoms. The summed E-state index contributed by atoms with van der Waals surface area (Å²) in [5.74, 6) is 0.608. The highest BCUT2D eigenvalue weighted by Gasteiger charge is 2.29. The van der Waals surface area contributed by atoms with Gasteiger partial charge in [0.25, 0.3) is 0 Å². The third-order valence-electron chi connectivity index (χ3n) is 4.64. The summed E-state index contributed by atoms with van der Waals surface area (Å²) in [5.41, 5.74) is 2.38. The number of anilines is 1. The van der Waals surface area contributed by atoms with Gasteiger partial charge >= 0.3 is 0 Å². The van der Waals surface area contributed by atoms with Crippen LogP contribution in [0.2, 0.25) is 0 Å². The topological polar surface area (TPSA) is 36.4 Å². The Labute approximate surface area is 129 Å². The van der Waals surface area contributed by atoms with Crippen molar-refractivity contribution in [2.24, 2.45) is 0 Å². The molecule has 1 N–H and O–H groups in total. The molecule has 0 radical (unpaired) electrons. The summed E-state index contributed by atoms with van der Waals surface area (Å²) in [6, 6.07) is 10.8. The number of aryl methyl sites for hydroxylation is 1. The molecule has 1 aliphatic heterocycles. The quantitative estimate of drug-likeness (QED) is 0.922. The van der Waals surface area contributed by atoms with E-state index in [4.69, 9.17) is 4.98 Å². The average molecular weight is 300 g/mol. The smallest absolute Gasteiger partial charge is 0.185 e. The van der Waals surface area contributed by atoms with E-state index < -0.39 is 0 Å². The lowest BCUT2D eigenvalue weighted by Gasteiger charge is -2.15. The van der Waals surface area contributed by atoms with E-state index in [0.29, 0.717) is 5.92 Å². The third kappa shape index (κ3) is 2.47. The monoisotopic (exact) mass is 300 g/mol. The molecule has 2 unspecified atom stereocenters. The van der Waals surface area contributed by atoms with E-state index >= 15 is 0 Å². The van der Waals surface area contributed by atoms with E-state index in [0.717, 1.165) is 43.2 Å². The number of rotatable bonds is 2. The normalized spacial score (nSPS) is 25.1. The first-order valence-corrected chi connectivity index (χ1v) is 8.60. The molecule has 0 spiro atoms. The van der Waals surface area contributed by atoms with Crippen molar-refractivity contribution in [1.29, 1.82) is 0 Å². The number of thiazole rings is 1. The Morgan fingerprint density at radius 2 is 2.05 bits per heavy atom. The van der Waals surface area contributed by atoms with Gasteiger partial charge in [0.2, 0.25) is 0 Å². The molecule has 2 atom stereocenters. The van der Waals surface area contributed by atoms with Gasteiger partial charge in [-0.15, -0.1) is 11.3 Å². The number of aliphatic hydroxyl groups excluding tert-OH is 1. The van der Waals surface area contributed by atoms with Crippen LogP contribution in [0.1, 0.15) is 47.4 Å². The molecule has 1 aromatic heterocycles. The third-order valence-corrected chi connectivity index (χ3v) is 5.83. The first-order valence-electron chi connectivity index (χ1n) is 7.79. The molecule has 1 aliphatic carbocycles. The molecular formula is C17H20N2OS. The first-order chi connectivity index (χ1) is 10.3. The Morgan fingerprint density at radius 1 is 1.19 bits per heavy atom. The van der Waals surface area contributed by atoms with E-state index in [-0.39, 0.29) is 6.10 Å². The summed E-state index contributed by atoms with van der Waals surface area (Å²) < 4.78 is 0. The maximum Gasteiger partial charge on any atom is 0.185 e. The maximum absolute atomic E-state index is 10.1. The number of nitrogens with zero attached hydrogens (tertiary/aromatic N) is 2. The number of fused-ring (bicyclic) bond motifs is 1. The average Bonchev–Trinajstić information content (AvgIpc) is 3.15. The Hall–Kier alpha value is -1.39. The highest BCUT2D eigenvalue weighted by Crippen LogP contribution is 2.39. The Bertz CT molecular complexity index is 625. The van der Waals surface area contributed by atoms with Crippen molar-refractivity contribution >= 4 is 16.5 Å². The Morgan fingerprint density at radius 3 is 2.86 bits per heavy atom. The van der Waals surface area contributed by atoms with E-state index in [1.165, 1.54) is 16.9 Å². The molecule has 2 aliphatic rings. The van der Waals surface area contributed by atoms with Crippen molar-refractivity contribution < 1.29 is 5.11 Å². The van der Waals surface area contributed by atoms with Gasteiger partial charge in [0.15, 0.2) is 5.13 Å². The Balaban J connectivity index is 1.53. The van der Waals surface area contributed by atoms with Crippen molar-refractivity contribution in [2.45, 2.75) is 37.7 Å². The minimum atomic E-state index is -0.341. The van der Waals surface area contributed by atoms with Crippen LogP contribution in [0.25, 0.3) is 0 Å². The molecule has 0 bridgehead atoms. The van der Waals surface area contributed by atoms with Crippen molar-refractivity contribution in [2.75, 3.05) is 18.0 Å². The fraction of sp³-hybridized carbons (Fsp3) is 0.471. The summed E-state index contributed by atoms with van der Waals surface area (Å²) in [6.45, 7) is 2.12. The zero-order chi connectivity index (χ0) is 14.2. The minimum Gasteiger partial charge on any atom is -0.387 e. The fourth-order valence-corrected chi connectivity index (χ4v) is 4.64. The minimum absolute atomic E-state index is 0.341. The summed E-state index contributed by atoms with van der Waals surface area (Å²) in [7, 11) is 0. The lowest BCUT2D eigenvalue weighted by Crippen LogP contribution is -2.19. The summed E-state index contributed by atoms with van der Waals surface area (Å²) in [4.78, 5) is 8.43. The van der Waals surface area contributed by atoms with E-state index in [9.17, 15) is 5.11 Å². The van der Waals surface area contributed by atoms with Gasteiger partial charge in [-0.3, -0.25) is 0 Å². The molecule has 1 aromatic carbocycles. The van der Waals surface area contributed by atoms with Crippen LogP contribution in [0.5, 0.6) is 0 Å². The number of aromatic nitrogens is 1. The zero-order valence-electron chi connectivity index (χ0n) is 12.0. The Kier molecular flexibility index (Phi) is 3.43. The van der Waals surface area contributed by atoms with Crippen LogP contribution in [0.4, 0.5) is 5.13 Å². The lowest BCUT2D eigenvalue weighted by atomic mass is 9.99. The fourth-order valence-electron chi connectivity index (χ4n) is 3.45. The zero-order valence-corrected chi connectivity index (χ0v) is 12.9. The van der Waals surface area contributed by atoms with E-state index in [2.05, 4.69) is 35.2 Å². The van der Waals surface area contributed by atoms with E-state index in [1.54, 1.807) is 11.3 Å². The van der Waals surface area contributed by atoms with Crippen molar-refractivity contribution in [1.82, 2.24) is 4.98 Å². The van der Waals surface area contributed by atoms with Gasteiger partial charge in [-0.1, -0.05) is 30.3 Å². The second-order valence-corrected chi connectivity index (χ2v) is 7.12. The van der Waals surface area contributed by atoms with Crippen LogP contribution in [0.3, 0.4) is 0 Å². The predicted molar refractivity (Wildman–Crippen MR) is 86.0 cm³/mol.